The summed E-state index contributed by atoms with van der Waals surface area (Å²) in [4.78, 5) is 14.8. The smallest absolute Gasteiger partial charge is 0.223 e. The number of benzene rings is 1. The average molecular weight is 347 g/mol. The highest BCUT2D eigenvalue weighted by molar-refractivity contribution is 6.30. The molecule has 2 aliphatic heterocycles. The number of morpholine rings is 1. The van der Waals surface area contributed by atoms with Crippen molar-refractivity contribution in [1.82, 2.24) is 10.2 Å². The Morgan fingerprint density at radius 1 is 1.17 bits per heavy atom. The number of hydrogen-bond donors (Lipinski definition) is 1. The van der Waals surface area contributed by atoms with Crippen LogP contribution < -0.4 is 5.32 Å². The van der Waals surface area contributed by atoms with Gasteiger partial charge in [0, 0.05) is 36.1 Å². The molecule has 1 aliphatic carbocycles. The van der Waals surface area contributed by atoms with E-state index in [1.54, 1.807) is 0 Å². The van der Waals surface area contributed by atoms with Crippen molar-refractivity contribution < 1.29 is 9.53 Å². The largest absolute Gasteiger partial charge is 0.371 e. The Bertz CT molecular complexity index is 623. The van der Waals surface area contributed by atoms with E-state index in [2.05, 4.69) is 22.4 Å². The molecule has 4 nitrogen and oxygen atoms in total. The molecular weight excluding hydrogens is 324 g/mol. The van der Waals surface area contributed by atoms with Gasteiger partial charge in [0.1, 0.15) is 0 Å². The third-order valence-electron chi connectivity index (χ3n) is 5.38. The van der Waals surface area contributed by atoms with Crippen molar-refractivity contribution in [2.45, 2.75) is 37.5 Å². The van der Waals surface area contributed by atoms with Crippen LogP contribution in [0.2, 0.25) is 5.02 Å². The zero-order valence-electron chi connectivity index (χ0n) is 13.7. The lowest BCUT2D eigenvalue weighted by atomic mass is 10.1. The van der Waals surface area contributed by atoms with E-state index in [9.17, 15) is 4.79 Å². The van der Waals surface area contributed by atoms with Gasteiger partial charge in [0.05, 0.1) is 12.7 Å². The maximum absolute atomic E-state index is 12.3. The lowest BCUT2D eigenvalue weighted by molar-refractivity contribution is -0.125. The minimum Gasteiger partial charge on any atom is -0.371 e. The van der Waals surface area contributed by atoms with Crippen molar-refractivity contribution in [1.29, 1.82) is 0 Å². The summed E-state index contributed by atoms with van der Waals surface area (Å²) in [5.41, 5.74) is 1.17. The Balaban J connectivity index is 1.33. The average Bonchev–Trinajstić information content (AvgIpc) is 3.24. The number of nitrogens with zero attached hydrogens (tertiary/aromatic N) is 1. The van der Waals surface area contributed by atoms with Crippen molar-refractivity contribution in [3.05, 3.63) is 47.0 Å². The quantitative estimate of drug-likeness (QED) is 0.856. The summed E-state index contributed by atoms with van der Waals surface area (Å²) in [7, 11) is 0. The Morgan fingerprint density at radius 3 is 2.67 bits per heavy atom. The molecule has 3 atom stereocenters. The molecule has 0 bridgehead atoms. The van der Waals surface area contributed by atoms with E-state index < -0.39 is 0 Å². The molecule has 0 unspecified atom stereocenters. The molecule has 2 saturated heterocycles. The van der Waals surface area contributed by atoms with Crippen LogP contribution in [0.15, 0.2) is 36.4 Å². The molecule has 1 aromatic rings. The van der Waals surface area contributed by atoms with Gasteiger partial charge in [-0.1, -0.05) is 35.9 Å². The Labute approximate surface area is 147 Å². The first-order valence-electron chi connectivity index (χ1n) is 8.75. The van der Waals surface area contributed by atoms with Gasteiger partial charge in [-0.2, -0.15) is 0 Å². The fourth-order valence-corrected chi connectivity index (χ4v) is 4.13. The Kier molecular flexibility index (Phi) is 4.61. The maximum atomic E-state index is 12.3. The van der Waals surface area contributed by atoms with Gasteiger partial charge in [-0.15, -0.1) is 0 Å². The highest BCUT2D eigenvalue weighted by Gasteiger charge is 2.38. The fraction of sp³-hybridized carbons (Fsp3) is 0.526. The molecule has 2 heterocycles. The lowest BCUT2D eigenvalue weighted by Gasteiger charge is -2.35. The van der Waals surface area contributed by atoms with Crippen LogP contribution in [0.25, 0.3) is 0 Å². The summed E-state index contributed by atoms with van der Waals surface area (Å²) in [6, 6.07) is 8.56. The number of amides is 1. The molecule has 0 aromatic heterocycles. The van der Waals surface area contributed by atoms with Gasteiger partial charge < -0.3 is 10.1 Å². The number of fused-ring (bicyclic) bond motifs is 1. The fourth-order valence-electron chi connectivity index (χ4n) is 4.01. The van der Waals surface area contributed by atoms with Crippen LogP contribution in [0.4, 0.5) is 0 Å². The van der Waals surface area contributed by atoms with E-state index in [0.29, 0.717) is 6.04 Å². The summed E-state index contributed by atoms with van der Waals surface area (Å²) in [6.45, 7) is 2.53. The molecule has 4 rings (SSSR count). The standard InChI is InChI=1S/C19H23ClN2O2/c20-15-7-5-13(6-8-15)18-11-22-10-16(9-17(22)12-24-18)21-19(23)14-3-1-2-4-14/h1-2,5-8,14,16-18H,3-4,9-12H2,(H,21,23)/t16-,17+,18-/m1/s1. The van der Waals surface area contributed by atoms with Gasteiger partial charge in [0.25, 0.3) is 0 Å². The number of halogens is 1. The molecule has 1 amide bonds. The van der Waals surface area contributed by atoms with Crippen LogP contribution in [-0.2, 0) is 9.53 Å². The summed E-state index contributed by atoms with van der Waals surface area (Å²) in [5.74, 6) is 0.348. The molecule has 2 fully saturated rings. The van der Waals surface area contributed by atoms with Crippen molar-refractivity contribution >= 4 is 17.5 Å². The number of rotatable bonds is 3. The van der Waals surface area contributed by atoms with Crippen LogP contribution in [0.3, 0.4) is 0 Å². The number of carbonyl (C=O) groups excluding carboxylic acids is 1. The van der Waals surface area contributed by atoms with Gasteiger partial charge in [-0.05, 0) is 37.0 Å². The summed E-state index contributed by atoms with van der Waals surface area (Å²) in [5, 5.41) is 3.99. The first-order chi connectivity index (χ1) is 11.7. The SMILES string of the molecule is O=C(N[C@@H]1C[C@H]2CO[C@@H](c3ccc(Cl)cc3)CN2C1)C1CC=CC1. The number of ether oxygens (including phenoxy) is 1. The first-order valence-corrected chi connectivity index (χ1v) is 9.13. The van der Waals surface area contributed by atoms with E-state index >= 15 is 0 Å². The van der Waals surface area contributed by atoms with E-state index in [4.69, 9.17) is 16.3 Å². The number of allylic oxidation sites excluding steroid dienone is 2. The molecule has 0 radical (unpaired) electrons. The summed E-state index contributed by atoms with van der Waals surface area (Å²) >= 11 is 5.97. The van der Waals surface area contributed by atoms with Gasteiger partial charge in [0.15, 0.2) is 0 Å². The van der Waals surface area contributed by atoms with Crippen LogP contribution in [0, 0.1) is 5.92 Å². The predicted octanol–water partition coefficient (Wildman–Crippen LogP) is 2.94. The molecule has 1 aromatic carbocycles. The lowest BCUT2D eigenvalue weighted by Crippen LogP contribution is -2.43. The second kappa shape index (κ2) is 6.87. The number of carbonyl (C=O) groups is 1. The Morgan fingerprint density at radius 2 is 1.92 bits per heavy atom. The molecule has 0 saturated carbocycles. The second-order valence-corrected chi connectivity index (χ2v) is 7.50. The third-order valence-corrected chi connectivity index (χ3v) is 5.64. The monoisotopic (exact) mass is 346 g/mol. The van der Waals surface area contributed by atoms with Crippen molar-refractivity contribution in [2.75, 3.05) is 19.7 Å². The zero-order chi connectivity index (χ0) is 16.5. The van der Waals surface area contributed by atoms with Crippen LogP contribution in [0.5, 0.6) is 0 Å². The van der Waals surface area contributed by atoms with Gasteiger partial charge in [-0.3, -0.25) is 9.69 Å². The number of nitrogens with one attached hydrogen (secondary N) is 1. The highest BCUT2D eigenvalue weighted by atomic mass is 35.5. The van der Waals surface area contributed by atoms with E-state index in [1.165, 1.54) is 5.56 Å². The van der Waals surface area contributed by atoms with Crippen molar-refractivity contribution in [3.63, 3.8) is 0 Å². The Hall–Kier alpha value is -1.36. The molecule has 24 heavy (non-hydrogen) atoms. The van der Waals surface area contributed by atoms with E-state index in [1.807, 2.05) is 24.3 Å². The van der Waals surface area contributed by atoms with Crippen molar-refractivity contribution in [3.8, 4) is 0 Å². The molecule has 5 heteroatoms. The normalized spacial score (nSPS) is 30.5. The first kappa shape index (κ1) is 16.1. The molecule has 128 valence electrons. The van der Waals surface area contributed by atoms with Gasteiger partial charge in [0.2, 0.25) is 5.91 Å². The van der Waals surface area contributed by atoms with Crippen LogP contribution >= 0.6 is 11.6 Å². The molecule has 3 aliphatic rings. The van der Waals surface area contributed by atoms with Crippen LogP contribution in [-0.4, -0.2) is 42.6 Å². The van der Waals surface area contributed by atoms with Gasteiger partial charge in [-0.25, -0.2) is 0 Å². The second-order valence-electron chi connectivity index (χ2n) is 7.06. The predicted molar refractivity (Wildman–Crippen MR) is 93.9 cm³/mol. The minimum atomic E-state index is 0.0898. The van der Waals surface area contributed by atoms with E-state index in [0.717, 1.165) is 44.0 Å². The number of hydrogen-bond acceptors (Lipinski definition) is 3. The van der Waals surface area contributed by atoms with Crippen molar-refractivity contribution in [2.24, 2.45) is 5.92 Å². The molecule has 1 N–H and O–H groups in total. The van der Waals surface area contributed by atoms with E-state index in [-0.39, 0.29) is 24.0 Å². The zero-order valence-corrected chi connectivity index (χ0v) is 14.4. The molecular formula is C19H23ClN2O2. The third kappa shape index (κ3) is 3.37. The topological polar surface area (TPSA) is 41.6 Å². The minimum absolute atomic E-state index is 0.0898. The van der Waals surface area contributed by atoms with Gasteiger partial charge >= 0.3 is 0 Å². The molecule has 0 spiro atoms. The highest BCUT2D eigenvalue weighted by Crippen LogP contribution is 2.31. The summed E-state index contributed by atoms with van der Waals surface area (Å²) < 4.78 is 6.06. The summed E-state index contributed by atoms with van der Waals surface area (Å²) in [6.07, 6.45) is 7.05. The van der Waals surface area contributed by atoms with Crippen LogP contribution in [0.1, 0.15) is 30.9 Å². The maximum Gasteiger partial charge on any atom is 0.223 e.